The van der Waals surface area contributed by atoms with Crippen LogP contribution < -0.4 is 26.4 Å². The summed E-state index contributed by atoms with van der Waals surface area (Å²) in [5.74, 6) is -0.347. The predicted molar refractivity (Wildman–Crippen MR) is 138 cm³/mol. The highest BCUT2D eigenvalue weighted by atomic mass is 32.1. The maximum Gasteiger partial charge on any atom is 0.407 e. The summed E-state index contributed by atoms with van der Waals surface area (Å²) >= 11 is 1.23. The first-order valence-corrected chi connectivity index (χ1v) is 12.4. The molecule has 1 aliphatic rings. The normalized spacial score (nSPS) is 15.1. The van der Waals surface area contributed by atoms with E-state index in [0.29, 0.717) is 45.5 Å². The number of nitrogens with one attached hydrogen (secondary N) is 3. The molecule has 192 valence electrons. The average molecular weight is 516 g/mol. The first-order valence-electron chi connectivity index (χ1n) is 11.6. The van der Waals surface area contributed by atoms with Crippen LogP contribution in [-0.4, -0.2) is 48.3 Å². The molecule has 0 radical (unpaired) electrons. The quantitative estimate of drug-likeness (QED) is 0.366. The lowest BCUT2D eigenvalue weighted by atomic mass is 10.0. The second-order valence-corrected chi connectivity index (χ2v) is 10.6. The first-order chi connectivity index (χ1) is 17.0. The number of hydrogen-bond donors (Lipinski definition) is 4. The molecule has 0 aliphatic carbocycles. The van der Waals surface area contributed by atoms with E-state index in [1.807, 2.05) is 19.1 Å². The van der Waals surface area contributed by atoms with Gasteiger partial charge in [-0.3, -0.25) is 4.79 Å². The summed E-state index contributed by atoms with van der Waals surface area (Å²) in [6.45, 7) is 8.11. The van der Waals surface area contributed by atoms with Crippen LogP contribution in [0.1, 0.15) is 41.7 Å². The topological polar surface area (TPSA) is 128 Å². The molecule has 1 aliphatic heterocycles. The smallest absolute Gasteiger partial charge is 0.407 e. The van der Waals surface area contributed by atoms with Crippen molar-refractivity contribution in [1.29, 1.82) is 0 Å². The van der Waals surface area contributed by atoms with E-state index in [9.17, 15) is 14.0 Å². The van der Waals surface area contributed by atoms with E-state index in [1.165, 1.54) is 17.4 Å². The van der Waals surface area contributed by atoms with Crippen LogP contribution in [0.25, 0.3) is 10.2 Å². The van der Waals surface area contributed by atoms with Crippen molar-refractivity contribution >= 4 is 44.9 Å². The van der Waals surface area contributed by atoms with Gasteiger partial charge in [0.25, 0.3) is 5.91 Å². The highest BCUT2D eigenvalue weighted by molar-refractivity contribution is 7.21. The number of hydrogen-bond acceptors (Lipinski definition) is 8. The Kier molecular flexibility index (Phi) is 7.21. The van der Waals surface area contributed by atoms with Gasteiger partial charge >= 0.3 is 6.09 Å². The number of nitrogen functional groups attached to an aromatic ring is 1. The first kappa shape index (κ1) is 25.5. The molecule has 5 N–H and O–H groups in total. The van der Waals surface area contributed by atoms with Crippen molar-refractivity contribution in [2.45, 2.75) is 45.8 Å². The molecule has 11 heteroatoms. The van der Waals surface area contributed by atoms with Crippen LogP contribution in [0.4, 0.5) is 20.6 Å². The van der Waals surface area contributed by atoms with Crippen molar-refractivity contribution in [2.24, 2.45) is 0 Å². The zero-order valence-corrected chi connectivity index (χ0v) is 21.5. The highest BCUT2D eigenvalue weighted by Gasteiger charge is 2.27. The minimum Gasteiger partial charge on any atom is -0.491 e. The van der Waals surface area contributed by atoms with Crippen molar-refractivity contribution in [1.82, 2.24) is 15.6 Å². The molecule has 2 aromatic heterocycles. The van der Waals surface area contributed by atoms with Gasteiger partial charge in [-0.1, -0.05) is 0 Å². The molecule has 1 atom stereocenters. The Balaban J connectivity index is 1.34. The Morgan fingerprint density at radius 3 is 2.81 bits per heavy atom. The van der Waals surface area contributed by atoms with Gasteiger partial charge in [0.05, 0.1) is 11.7 Å². The third-order valence-electron chi connectivity index (χ3n) is 5.44. The van der Waals surface area contributed by atoms with Gasteiger partial charge in [0.2, 0.25) is 0 Å². The third-order valence-corrected chi connectivity index (χ3v) is 6.56. The lowest BCUT2D eigenvalue weighted by Crippen LogP contribution is -2.43. The zero-order valence-electron chi connectivity index (χ0n) is 20.7. The fraction of sp³-hybridized carbons (Fsp3) is 0.400. The number of benzene rings is 1. The fourth-order valence-electron chi connectivity index (χ4n) is 3.82. The Morgan fingerprint density at radius 2 is 2.06 bits per heavy atom. The number of aromatic nitrogens is 1. The number of nitrogens with zero attached hydrogens (tertiary/aromatic N) is 1. The van der Waals surface area contributed by atoms with Crippen molar-refractivity contribution in [3.63, 3.8) is 0 Å². The number of pyridine rings is 1. The van der Waals surface area contributed by atoms with Gasteiger partial charge < -0.3 is 31.2 Å². The molecular weight excluding hydrogens is 485 g/mol. The molecule has 0 unspecified atom stereocenters. The summed E-state index contributed by atoms with van der Waals surface area (Å²) < 4.78 is 25.8. The fourth-order valence-corrected chi connectivity index (χ4v) is 4.87. The molecule has 0 spiro atoms. The van der Waals surface area contributed by atoms with Crippen LogP contribution in [0.3, 0.4) is 0 Å². The van der Waals surface area contributed by atoms with E-state index in [-0.39, 0.29) is 18.9 Å². The summed E-state index contributed by atoms with van der Waals surface area (Å²) in [6.07, 6.45) is -0.226. The molecule has 2 amide bonds. The van der Waals surface area contributed by atoms with Gasteiger partial charge in [-0.05, 0) is 45.9 Å². The van der Waals surface area contributed by atoms with Crippen LogP contribution in [0.2, 0.25) is 0 Å². The van der Waals surface area contributed by atoms with Crippen molar-refractivity contribution < 1.29 is 23.5 Å². The van der Waals surface area contributed by atoms with Gasteiger partial charge in [0.15, 0.2) is 0 Å². The molecular formula is C25H30FN5O4S. The van der Waals surface area contributed by atoms with Gasteiger partial charge in [-0.2, -0.15) is 0 Å². The Morgan fingerprint density at radius 1 is 1.28 bits per heavy atom. The molecule has 1 aromatic carbocycles. The number of thiophene rings is 1. The molecule has 0 saturated heterocycles. The van der Waals surface area contributed by atoms with Gasteiger partial charge in [0.1, 0.15) is 33.5 Å². The standard InChI is InChI=1S/C25H30FN5O4S/c1-13-5-6-16-20(27)21(36-23(16)30-13)22(32)31-15-9-17-18(26)10-14(11-19(17)34-12-15)28-7-8-29-24(33)35-25(2,3)4/h5-6,10-11,15,28H,7-9,12,27H2,1-4H3,(H,29,33)(H,31,32)/t15-/m1/s1. The molecule has 4 rings (SSSR count). The second-order valence-electron chi connectivity index (χ2n) is 9.63. The van der Waals surface area contributed by atoms with Crippen molar-refractivity contribution in [3.8, 4) is 5.75 Å². The summed E-state index contributed by atoms with van der Waals surface area (Å²) in [4.78, 5) is 30.1. The molecule has 0 bridgehead atoms. The van der Waals surface area contributed by atoms with E-state index in [1.54, 1.807) is 26.8 Å². The summed E-state index contributed by atoms with van der Waals surface area (Å²) in [5, 5.41) is 9.35. The number of ether oxygens (including phenoxy) is 2. The average Bonchev–Trinajstić information content (AvgIpc) is 3.11. The molecule has 3 heterocycles. The van der Waals surface area contributed by atoms with Gasteiger partial charge in [0, 0.05) is 47.9 Å². The molecule has 9 nitrogen and oxygen atoms in total. The third kappa shape index (κ3) is 5.96. The number of aryl methyl sites for hydroxylation is 1. The highest BCUT2D eigenvalue weighted by Crippen LogP contribution is 2.34. The number of carbonyl (C=O) groups is 2. The van der Waals surface area contributed by atoms with E-state index in [4.69, 9.17) is 15.2 Å². The van der Waals surface area contributed by atoms with Crippen LogP contribution >= 0.6 is 11.3 Å². The Hall–Kier alpha value is -3.60. The molecule has 0 saturated carbocycles. The van der Waals surface area contributed by atoms with Crippen molar-refractivity contribution in [2.75, 3.05) is 30.7 Å². The number of halogens is 1. The molecule has 3 aromatic rings. The lowest BCUT2D eigenvalue weighted by molar-refractivity contribution is 0.0530. The number of amides is 2. The largest absolute Gasteiger partial charge is 0.491 e. The van der Waals surface area contributed by atoms with Crippen LogP contribution in [0.15, 0.2) is 24.3 Å². The van der Waals surface area contributed by atoms with E-state index < -0.39 is 23.6 Å². The number of rotatable bonds is 6. The number of fused-ring (bicyclic) bond motifs is 2. The number of nitrogens with two attached hydrogens (primary N) is 1. The maximum absolute atomic E-state index is 14.9. The van der Waals surface area contributed by atoms with Crippen LogP contribution in [-0.2, 0) is 11.2 Å². The van der Waals surface area contributed by atoms with E-state index >= 15 is 0 Å². The van der Waals surface area contributed by atoms with Gasteiger partial charge in [-0.25, -0.2) is 14.2 Å². The summed E-state index contributed by atoms with van der Waals surface area (Å²) in [7, 11) is 0. The monoisotopic (exact) mass is 515 g/mol. The van der Waals surface area contributed by atoms with Gasteiger partial charge in [-0.15, -0.1) is 11.3 Å². The number of carbonyl (C=O) groups excluding carboxylic acids is 2. The molecule has 36 heavy (non-hydrogen) atoms. The minimum atomic E-state index is -0.575. The van der Waals surface area contributed by atoms with Crippen LogP contribution in [0.5, 0.6) is 5.75 Å². The summed E-state index contributed by atoms with van der Waals surface area (Å²) in [5.41, 5.74) is 7.77. The predicted octanol–water partition coefficient (Wildman–Crippen LogP) is 4.00. The second kappa shape index (κ2) is 10.2. The maximum atomic E-state index is 14.9. The number of anilines is 2. The van der Waals surface area contributed by atoms with Crippen molar-refractivity contribution in [3.05, 3.63) is 46.2 Å². The Bertz CT molecular complexity index is 1300. The van der Waals surface area contributed by atoms with Crippen LogP contribution in [0, 0.1) is 12.7 Å². The zero-order chi connectivity index (χ0) is 26.0. The minimum absolute atomic E-state index is 0.198. The SMILES string of the molecule is Cc1ccc2c(N)c(C(=O)N[C@H]3COc4cc(NCCNC(=O)OC(C)(C)C)cc(F)c4C3)sc2n1. The summed E-state index contributed by atoms with van der Waals surface area (Å²) in [6, 6.07) is 6.38. The molecule has 0 fully saturated rings. The van der Waals surface area contributed by atoms with E-state index in [2.05, 4.69) is 20.9 Å². The van der Waals surface area contributed by atoms with E-state index in [0.717, 1.165) is 11.1 Å². The lowest BCUT2D eigenvalue weighted by Gasteiger charge is -2.27. The number of alkyl carbamates (subject to hydrolysis) is 1. The Labute approximate surface area is 212 Å².